The first-order valence-electron chi connectivity index (χ1n) is 7.64. The Hall–Kier alpha value is -2.12. The number of benzene rings is 1. The van der Waals surface area contributed by atoms with Gasteiger partial charge >= 0.3 is 12.1 Å². The van der Waals surface area contributed by atoms with Gasteiger partial charge in [-0.1, -0.05) is 30.3 Å². The van der Waals surface area contributed by atoms with Gasteiger partial charge in [0.15, 0.2) is 6.10 Å². The molecular formula is C16H24N2O5. The molecule has 128 valence electrons. The number of rotatable bonds is 4. The molecule has 0 saturated carbocycles. The summed E-state index contributed by atoms with van der Waals surface area (Å²) in [5, 5.41) is 23.4. The highest BCUT2D eigenvalue weighted by atomic mass is 16.5. The van der Waals surface area contributed by atoms with E-state index in [4.69, 9.17) is 14.9 Å². The number of carbonyl (C=O) groups excluding carboxylic acids is 1. The molecule has 1 aromatic carbocycles. The topological polar surface area (TPSA) is 108 Å². The number of aliphatic carboxylic acids is 1. The molecule has 23 heavy (non-hydrogen) atoms. The number of nitrogens with one attached hydrogen (secondary N) is 2. The van der Waals surface area contributed by atoms with Crippen LogP contribution >= 0.6 is 0 Å². The van der Waals surface area contributed by atoms with Gasteiger partial charge in [-0.3, -0.25) is 0 Å². The lowest BCUT2D eigenvalue weighted by molar-refractivity contribution is -0.146. The van der Waals surface area contributed by atoms with Crippen molar-refractivity contribution in [2.75, 3.05) is 19.7 Å². The second-order valence-corrected chi connectivity index (χ2v) is 5.06. The first-order valence-corrected chi connectivity index (χ1v) is 7.64. The van der Waals surface area contributed by atoms with E-state index < -0.39 is 12.1 Å². The first kappa shape index (κ1) is 18.9. The van der Waals surface area contributed by atoms with E-state index in [0.717, 1.165) is 25.9 Å². The van der Waals surface area contributed by atoms with Crippen LogP contribution in [0.15, 0.2) is 30.3 Å². The van der Waals surface area contributed by atoms with E-state index in [1.54, 1.807) is 37.3 Å². The highest BCUT2D eigenvalue weighted by Crippen LogP contribution is 2.10. The van der Waals surface area contributed by atoms with Crippen molar-refractivity contribution in [3.63, 3.8) is 0 Å². The predicted octanol–water partition coefficient (Wildman–Crippen LogP) is 1.29. The summed E-state index contributed by atoms with van der Waals surface area (Å²) >= 11 is 0. The van der Waals surface area contributed by atoms with E-state index in [-0.39, 0.29) is 12.1 Å². The summed E-state index contributed by atoms with van der Waals surface area (Å²) in [6.45, 7) is 4.16. The van der Waals surface area contributed by atoms with Crippen molar-refractivity contribution in [2.45, 2.75) is 31.9 Å². The maximum Gasteiger partial charge on any atom is 0.407 e. The van der Waals surface area contributed by atoms with E-state index in [0.29, 0.717) is 12.2 Å². The number of alkyl carbamates (subject to hydrolysis) is 1. The Morgan fingerprint density at radius 2 is 2.09 bits per heavy atom. The summed E-state index contributed by atoms with van der Waals surface area (Å²) in [5.74, 6) is -1.23. The molecular weight excluding hydrogens is 300 g/mol. The number of aliphatic hydroxyl groups excluding tert-OH is 1. The standard InChI is InChI=1S/C8H16N2O2.C8H8O3/c1-2-12-8(11)10-7-4-3-5-9-6-7;9-7(8(10)11)6-4-2-1-3-5-6/h7,9H,2-6H2,1H3,(H,10,11);1-5,7,9H,(H,10,11)/t;7-/m.1/s1. The molecule has 0 aliphatic carbocycles. The number of ether oxygens (including phenoxy) is 1. The molecule has 1 aliphatic heterocycles. The summed E-state index contributed by atoms with van der Waals surface area (Å²) in [5.41, 5.74) is 0.403. The molecule has 0 bridgehead atoms. The van der Waals surface area contributed by atoms with E-state index in [9.17, 15) is 9.59 Å². The minimum atomic E-state index is -1.41. The number of carbonyl (C=O) groups is 2. The molecule has 1 heterocycles. The summed E-state index contributed by atoms with van der Waals surface area (Å²) in [6, 6.07) is 8.51. The van der Waals surface area contributed by atoms with Crippen LogP contribution in [0.4, 0.5) is 4.79 Å². The minimum absolute atomic E-state index is 0.248. The van der Waals surface area contributed by atoms with Crippen LogP contribution in [-0.4, -0.2) is 48.0 Å². The normalized spacial score (nSPS) is 18.1. The average molecular weight is 324 g/mol. The van der Waals surface area contributed by atoms with Crippen molar-refractivity contribution in [3.8, 4) is 0 Å². The Morgan fingerprint density at radius 1 is 1.39 bits per heavy atom. The maximum atomic E-state index is 11.0. The fraction of sp³-hybridized carbons (Fsp3) is 0.500. The van der Waals surface area contributed by atoms with Crippen LogP contribution in [-0.2, 0) is 9.53 Å². The molecule has 7 nitrogen and oxygen atoms in total. The quantitative estimate of drug-likeness (QED) is 0.665. The van der Waals surface area contributed by atoms with E-state index >= 15 is 0 Å². The number of carboxylic acids is 1. The zero-order valence-corrected chi connectivity index (χ0v) is 13.2. The maximum absolute atomic E-state index is 11.0. The number of hydrogen-bond donors (Lipinski definition) is 4. The zero-order chi connectivity index (χ0) is 17.1. The Balaban J connectivity index is 0.000000231. The molecule has 0 spiro atoms. The van der Waals surface area contributed by atoms with E-state index in [1.165, 1.54) is 0 Å². The summed E-state index contributed by atoms with van der Waals surface area (Å²) < 4.78 is 4.77. The van der Waals surface area contributed by atoms with Gasteiger partial charge in [0.1, 0.15) is 0 Å². The van der Waals surface area contributed by atoms with Crippen LogP contribution in [0.1, 0.15) is 31.4 Å². The van der Waals surface area contributed by atoms with Gasteiger partial charge in [-0.25, -0.2) is 9.59 Å². The smallest absolute Gasteiger partial charge is 0.407 e. The second-order valence-electron chi connectivity index (χ2n) is 5.06. The third-order valence-corrected chi connectivity index (χ3v) is 3.24. The lowest BCUT2D eigenvalue weighted by Crippen LogP contribution is -2.45. The van der Waals surface area contributed by atoms with Crippen molar-refractivity contribution in [2.24, 2.45) is 0 Å². The van der Waals surface area contributed by atoms with Gasteiger partial charge in [0.2, 0.25) is 0 Å². The third kappa shape index (κ3) is 7.62. The highest BCUT2D eigenvalue weighted by molar-refractivity contribution is 5.73. The number of carboxylic acid groups (broad SMARTS) is 1. The Bertz CT molecular complexity index is 475. The Labute approximate surface area is 135 Å². The molecule has 2 atom stereocenters. The fourth-order valence-electron chi connectivity index (χ4n) is 2.09. The summed E-state index contributed by atoms with van der Waals surface area (Å²) in [7, 11) is 0. The summed E-state index contributed by atoms with van der Waals surface area (Å²) in [6.07, 6.45) is 0.463. The van der Waals surface area contributed by atoms with Crippen molar-refractivity contribution < 1.29 is 24.5 Å². The monoisotopic (exact) mass is 324 g/mol. The van der Waals surface area contributed by atoms with Gasteiger partial charge in [-0.2, -0.15) is 0 Å². The lowest BCUT2D eigenvalue weighted by Gasteiger charge is -2.23. The average Bonchev–Trinajstić information content (AvgIpc) is 2.56. The van der Waals surface area contributed by atoms with Gasteiger partial charge < -0.3 is 25.6 Å². The summed E-state index contributed by atoms with van der Waals surface area (Å²) in [4.78, 5) is 21.2. The molecule has 1 aromatic rings. The van der Waals surface area contributed by atoms with Crippen molar-refractivity contribution in [1.29, 1.82) is 0 Å². The number of piperidine rings is 1. The van der Waals surface area contributed by atoms with Gasteiger partial charge in [0.05, 0.1) is 6.61 Å². The molecule has 1 saturated heterocycles. The molecule has 1 aliphatic rings. The Morgan fingerprint density at radius 3 is 2.61 bits per heavy atom. The van der Waals surface area contributed by atoms with Gasteiger partial charge in [-0.15, -0.1) is 0 Å². The van der Waals surface area contributed by atoms with Crippen molar-refractivity contribution in [1.82, 2.24) is 10.6 Å². The molecule has 0 radical (unpaired) electrons. The van der Waals surface area contributed by atoms with Crippen LogP contribution in [0.5, 0.6) is 0 Å². The van der Waals surface area contributed by atoms with Crippen LogP contribution in [0.25, 0.3) is 0 Å². The Kier molecular flexibility index (Phi) is 8.71. The predicted molar refractivity (Wildman–Crippen MR) is 85.1 cm³/mol. The van der Waals surface area contributed by atoms with Crippen LogP contribution in [0.3, 0.4) is 0 Å². The second kappa shape index (κ2) is 10.6. The number of amides is 1. The molecule has 0 aromatic heterocycles. The van der Waals surface area contributed by atoms with Gasteiger partial charge in [-0.05, 0) is 31.9 Å². The van der Waals surface area contributed by atoms with Gasteiger partial charge in [0.25, 0.3) is 0 Å². The lowest BCUT2D eigenvalue weighted by atomic mass is 10.1. The molecule has 1 fully saturated rings. The van der Waals surface area contributed by atoms with Crippen molar-refractivity contribution in [3.05, 3.63) is 35.9 Å². The zero-order valence-electron chi connectivity index (χ0n) is 13.2. The highest BCUT2D eigenvalue weighted by Gasteiger charge is 2.15. The van der Waals surface area contributed by atoms with E-state index in [2.05, 4.69) is 10.6 Å². The van der Waals surface area contributed by atoms with Crippen LogP contribution < -0.4 is 10.6 Å². The molecule has 2 rings (SSSR count). The molecule has 4 N–H and O–H groups in total. The van der Waals surface area contributed by atoms with Gasteiger partial charge in [0, 0.05) is 12.6 Å². The molecule has 7 heteroatoms. The SMILES string of the molecule is CCOC(=O)NC1CCCNC1.O=C(O)[C@H](O)c1ccccc1. The van der Waals surface area contributed by atoms with Crippen LogP contribution in [0, 0.1) is 0 Å². The van der Waals surface area contributed by atoms with Crippen molar-refractivity contribution >= 4 is 12.1 Å². The largest absolute Gasteiger partial charge is 0.479 e. The van der Waals surface area contributed by atoms with E-state index in [1.807, 2.05) is 0 Å². The molecule has 1 amide bonds. The minimum Gasteiger partial charge on any atom is -0.479 e. The molecule has 1 unspecified atom stereocenters. The number of aliphatic hydroxyl groups is 1. The first-order chi connectivity index (χ1) is 11.0. The fourth-order valence-corrected chi connectivity index (χ4v) is 2.09. The third-order valence-electron chi connectivity index (χ3n) is 3.24. The number of hydrogen-bond acceptors (Lipinski definition) is 5. The van der Waals surface area contributed by atoms with Crippen LogP contribution in [0.2, 0.25) is 0 Å².